The van der Waals surface area contributed by atoms with Crippen molar-refractivity contribution in [2.24, 2.45) is 0 Å². The number of nitro benzene ring substituents is 1. The Labute approximate surface area is 73.0 Å². The topological polar surface area (TPSA) is 92.5 Å². The van der Waals surface area contributed by atoms with E-state index in [-0.39, 0.29) is 17.1 Å². The largest absolute Gasteiger partial charge is 0.506 e. The molecule has 0 heterocycles. The number of amides is 1. The van der Waals surface area contributed by atoms with Crippen LogP contribution >= 0.6 is 0 Å². The number of nitrogens with one attached hydrogen (secondary N) is 1. The minimum atomic E-state index is -0.616. The van der Waals surface area contributed by atoms with Gasteiger partial charge in [0.1, 0.15) is 5.75 Å². The summed E-state index contributed by atoms with van der Waals surface area (Å²) in [5.74, 6) is -0.210. The second kappa shape index (κ2) is 3.53. The van der Waals surface area contributed by atoms with Crippen LogP contribution in [0.25, 0.3) is 0 Å². The van der Waals surface area contributed by atoms with E-state index in [0.717, 1.165) is 18.2 Å². The molecule has 1 aromatic carbocycles. The van der Waals surface area contributed by atoms with E-state index in [9.17, 15) is 14.9 Å². The molecule has 0 saturated heterocycles. The molecule has 2 N–H and O–H groups in total. The zero-order valence-corrected chi connectivity index (χ0v) is 6.43. The number of anilines is 1. The fourth-order valence-corrected chi connectivity index (χ4v) is 0.817. The minimum Gasteiger partial charge on any atom is -0.506 e. The molecular weight excluding hydrogens is 176 g/mol. The lowest BCUT2D eigenvalue weighted by Gasteiger charge is -2.00. The van der Waals surface area contributed by atoms with E-state index in [1.54, 1.807) is 0 Å². The summed E-state index contributed by atoms with van der Waals surface area (Å²) in [6, 6.07) is 3.36. The van der Waals surface area contributed by atoms with Crippen LogP contribution in [0.1, 0.15) is 0 Å². The fourth-order valence-electron chi connectivity index (χ4n) is 0.817. The third-order valence-corrected chi connectivity index (χ3v) is 1.41. The van der Waals surface area contributed by atoms with Crippen LogP contribution in [0.2, 0.25) is 0 Å². The molecule has 6 heteroatoms. The molecular formula is C7H6N2O4. The standard InChI is InChI=1S/C7H6N2O4/c10-4-8-6-3-5(9(12)13)1-2-7(6)11/h1-4,11H,(H,8,10). The Morgan fingerprint density at radius 3 is 2.77 bits per heavy atom. The first-order chi connectivity index (χ1) is 6.15. The van der Waals surface area contributed by atoms with Crippen molar-refractivity contribution in [3.63, 3.8) is 0 Å². The number of nitro groups is 1. The molecule has 68 valence electrons. The molecule has 0 unspecified atom stereocenters. The number of rotatable bonds is 3. The van der Waals surface area contributed by atoms with Crippen molar-refractivity contribution in [1.29, 1.82) is 0 Å². The minimum absolute atomic E-state index is 0.0178. The van der Waals surface area contributed by atoms with Gasteiger partial charge in [-0.25, -0.2) is 0 Å². The fraction of sp³-hybridized carbons (Fsp3) is 0. The van der Waals surface area contributed by atoms with Gasteiger partial charge in [-0.15, -0.1) is 0 Å². The van der Waals surface area contributed by atoms with Crippen LogP contribution < -0.4 is 5.32 Å². The highest BCUT2D eigenvalue weighted by Gasteiger charge is 2.08. The molecule has 0 saturated carbocycles. The number of aromatic hydroxyl groups is 1. The molecule has 0 bridgehead atoms. The van der Waals surface area contributed by atoms with Gasteiger partial charge in [0.2, 0.25) is 6.41 Å². The zero-order valence-electron chi connectivity index (χ0n) is 6.43. The molecule has 1 amide bonds. The summed E-state index contributed by atoms with van der Waals surface area (Å²) in [5.41, 5.74) is -0.175. The summed E-state index contributed by atoms with van der Waals surface area (Å²) in [6.07, 6.45) is 0.332. The Hall–Kier alpha value is -2.11. The average Bonchev–Trinajstić information content (AvgIpc) is 2.08. The van der Waals surface area contributed by atoms with Crippen molar-refractivity contribution in [3.8, 4) is 5.75 Å². The second-order valence-corrected chi connectivity index (χ2v) is 2.22. The lowest BCUT2D eigenvalue weighted by atomic mass is 10.2. The van der Waals surface area contributed by atoms with Crippen LogP contribution in [0.4, 0.5) is 11.4 Å². The number of nitrogens with zero attached hydrogens (tertiary/aromatic N) is 1. The van der Waals surface area contributed by atoms with Gasteiger partial charge in [0.15, 0.2) is 0 Å². The van der Waals surface area contributed by atoms with Crippen molar-refractivity contribution in [1.82, 2.24) is 0 Å². The molecule has 0 aliphatic rings. The summed E-state index contributed by atoms with van der Waals surface area (Å²) in [7, 11) is 0. The maximum atomic E-state index is 10.3. The van der Waals surface area contributed by atoms with Gasteiger partial charge in [0.05, 0.1) is 10.6 Å². The predicted molar refractivity (Wildman–Crippen MR) is 44.4 cm³/mol. The maximum Gasteiger partial charge on any atom is 0.271 e. The van der Waals surface area contributed by atoms with Crippen LogP contribution in [0.5, 0.6) is 5.75 Å². The third-order valence-electron chi connectivity index (χ3n) is 1.41. The van der Waals surface area contributed by atoms with Crippen LogP contribution in [0.3, 0.4) is 0 Å². The molecule has 6 nitrogen and oxygen atoms in total. The summed E-state index contributed by atoms with van der Waals surface area (Å²) in [4.78, 5) is 19.7. The molecule has 0 fully saturated rings. The summed E-state index contributed by atoms with van der Waals surface area (Å²) < 4.78 is 0. The van der Waals surface area contributed by atoms with E-state index in [1.165, 1.54) is 0 Å². The summed E-state index contributed by atoms with van der Waals surface area (Å²) in [5, 5.41) is 21.5. The highest BCUT2D eigenvalue weighted by molar-refractivity contribution is 5.76. The first-order valence-electron chi connectivity index (χ1n) is 3.32. The predicted octanol–water partition coefficient (Wildman–Crippen LogP) is 0.869. The smallest absolute Gasteiger partial charge is 0.271 e. The van der Waals surface area contributed by atoms with Gasteiger partial charge in [-0.1, -0.05) is 0 Å². The Kier molecular flexibility index (Phi) is 2.44. The highest BCUT2D eigenvalue weighted by Crippen LogP contribution is 2.26. The number of carbonyl (C=O) groups excluding carboxylic acids is 1. The van der Waals surface area contributed by atoms with Crippen molar-refractivity contribution in [3.05, 3.63) is 28.3 Å². The van der Waals surface area contributed by atoms with E-state index in [2.05, 4.69) is 5.32 Å². The average molecular weight is 182 g/mol. The number of non-ortho nitro benzene ring substituents is 1. The lowest BCUT2D eigenvalue weighted by Crippen LogP contribution is -1.95. The van der Waals surface area contributed by atoms with E-state index in [4.69, 9.17) is 5.11 Å². The van der Waals surface area contributed by atoms with Gasteiger partial charge in [0, 0.05) is 12.1 Å². The normalized spacial score (nSPS) is 9.23. The summed E-state index contributed by atoms with van der Waals surface area (Å²) in [6.45, 7) is 0. The molecule has 13 heavy (non-hydrogen) atoms. The Balaban J connectivity index is 3.10. The van der Waals surface area contributed by atoms with Gasteiger partial charge < -0.3 is 10.4 Å². The first kappa shape index (κ1) is 8.98. The van der Waals surface area contributed by atoms with Crippen molar-refractivity contribution < 1.29 is 14.8 Å². The second-order valence-electron chi connectivity index (χ2n) is 2.22. The van der Waals surface area contributed by atoms with Crippen LogP contribution in [0.15, 0.2) is 18.2 Å². The molecule has 0 aliphatic carbocycles. The monoisotopic (exact) mass is 182 g/mol. The Bertz CT molecular complexity index is 350. The molecule has 1 rings (SSSR count). The SMILES string of the molecule is O=CNc1cc([N+](=O)[O-])ccc1O. The van der Waals surface area contributed by atoms with Gasteiger partial charge in [-0.05, 0) is 6.07 Å². The molecule has 0 aromatic heterocycles. The van der Waals surface area contributed by atoms with Crippen molar-refractivity contribution in [2.45, 2.75) is 0 Å². The molecule has 0 spiro atoms. The van der Waals surface area contributed by atoms with Crippen LogP contribution in [-0.2, 0) is 4.79 Å². The van der Waals surface area contributed by atoms with Crippen molar-refractivity contribution >= 4 is 17.8 Å². The lowest BCUT2D eigenvalue weighted by molar-refractivity contribution is -0.384. The maximum absolute atomic E-state index is 10.3. The number of benzene rings is 1. The van der Waals surface area contributed by atoms with E-state index >= 15 is 0 Å². The van der Waals surface area contributed by atoms with Crippen LogP contribution in [-0.4, -0.2) is 16.4 Å². The van der Waals surface area contributed by atoms with Gasteiger partial charge in [0.25, 0.3) is 5.69 Å². The Morgan fingerprint density at radius 2 is 2.23 bits per heavy atom. The number of carbonyl (C=O) groups is 1. The first-order valence-corrected chi connectivity index (χ1v) is 3.32. The van der Waals surface area contributed by atoms with E-state index < -0.39 is 4.92 Å². The molecule has 0 atom stereocenters. The number of hydrogen-bond donors (Lipinski definition) is 2. The molecule has 0 radical (unpaired) electrons. The third kappa shape index (κ3) is 1.92. The molecule has 0 aliphatic heterocycles. The van der Waals surface area contributed by atoms with Gasteiger partial charge in [-0.3, -0.25) is 14.9 Å². The summed E-state index contributed by atoms with van der Waals surface area (Å²) >= 11 is 0. The Morgan fingerprint density at radius 1 is 1.54 bits per heavy atom. The van der Waals surface area contributed by atoms with Crippen LogP contribution in [0, 0.1) is 10.1 Å². The van der Waals surface area contributed by atoms with E-state index in [1.807, 2.05) is 0 Å². The zero-order chi connectivity index (χ0) is 9.84. The molecule has 1 aromatic rings. The number of hydrogen-bond acceptors (Lipinski definition) is 4. The van der Waals surface area contributed by atoms with Gasteiger partial charge in [-0.2, -0.15) is 0 Å². The van der Waals surface area contributed by atoms with Gasteiger partial charge >= 0.3 is 0 Å². The quantitative estimate of drug-likeness (QED) is 0.314. The van der Waals surface area contributed by atoms with Crippen molar-refractivity contribution in [2.75, 3.05) is 5.32 Å². The van der Waals surface area contributed by atoms with E-state index in [0.29, 0.717) is 6.41 Å². The number of phenolic OH excluding ortho intramolecular Hbond substituents is 1. The number of phenols is 1. The highest BCUT2D eigenvalue weighted by atomic mass is 16.6.